The Hall–Kier alpha value is -2.51. The average Bonchev–Trinajstić information content (AvgIpc) is 3.12. The van der Waals surface area contributed by atoms with Gasteiger partial charge in [0.25, 0.3) is 0 Å². The number of pyridine rings is 1. The lowest BCUT2D eigenvalue weighted by molar-refractivity contribution is 0.0694. The molecule has 1 aromatic heterocycles. The number of carboxylic acids is 1. The van der Waals surface area contributed by atoms with Gasteiger partial charge in [-0.3, -0.25) is 4.79 Å². The molecular formula is C13H9F3N2O3. The van der Waals surface area contributed by atoms with Gasteiger partial charge >= 0.3 is 5.97 Å². The van der Waals surface area contributed by atoms with Crippen molar-refractivity contribution in [3.63, 3.8) is 0 Å². The van der Waals surface area contributed by atoms with Crippen LogP contribution in [0.5, 0.6) is 0 Å². The van der Waals surface area contributed by atoms with Gasteiger partial charge in [-0.1, -0.05) is 0 Å². The minimum absolute atomic E-state index is 0.0632. The van der Waals surface area contributed by atoms with Gasteiger partial charge < -0.3 is 15.4 Å². The highest BCUT2D eigenvalue weighted by atomic mass is 19.1. The second-order valence-electron chi connectivity index (χ2n) is 4.88. The fourth-order valence-electron chi connectivity index (χ4n) is 2.36. The number of carbonyl (C=O) groups is 1. The predicted octanol–water partition coefficient (Wildman–Crippen LogP) is 1.84. The lowest BCUT2D eigenvalue weighted by atomic mass is 10.1. The number of hydrogen-bond donors (Lipinski definition) is 2. The lowest BCUT2D eigenvalue weighted by Crippen LogP contribution is -2.21. The summed E-state index contributed by atoms with van der Waals surface area (Å²) in [6.07, 6.45) is -0.339. The molecule has 2 unspecified atom stereocenters. The summed E-state index contributed by atoms with van der Waals surface area (Å²) >= 11 is 0. The largest absolute Gasteiger partial charge is 0.477 e. The van der Waals surface area contributed by atoms with Crippen LogP contribution in [0.1, 0.15) is 22.8 Å². The summed E-state index contributed by atoms with van der Waals surface area (Å²) in [6.45, 7) is 0. The molecule has 5 nitrogen and oxygen atoms in total. The Morgan fingerprint density at radius 3 is 2.52 bits per heavy atom. The number of alkyl halides is 1. The van der Waals surface area contributed by atoms with Crippen molar-refractivity contribution in [2.75, 3.05) is 5.73 Å². The van der Waals surface area contributed by atoms with Crippen molar-refractivity contribution in [2.24, 2.45) is 0 Å². The van der Waals surface area contributed by atoms with Gasteiger partial charge in [-0.25, -0.2) is 18.0 Å². The first kappa shape index (κ1) is 13.5. The maximum absolute atomic E-state index is 14.0. The maximum Gasteiger partial charge on any atom is 0.341 e. The third-order valence-electron chi connectivity index (χ3n) is 3.51. The van der Waals surface area contributed by atoms with Crippen LogP contribution in [0.15, 0.2) is 17.1 Å². The third-order valence-corrected chi connectivity index (χ3v) is 3.51. The van der Waals surface area contributed by atoms with Gasteiger partial charge in [-0.05, 0) is 0 Å². The number of benzene rings is 1. The zero-order valence-electron chi connectivity index (χ0n) is 10.4. The number of halogens is 3. The topological polar surface area (TPSA) is 85.3 Å². The zero-order chi connectivity index (χ0) is 15.5. The third kappa shape index (κ3) is 1.86. The van der Waals surface area contributed by atoms with E-state index in [1.165, 1.54) is 0 Å². The molecule has 0 aliphatic heterocycles. The van der Waals surface area contributed by atoms with Gasteiger partial charge in [-0.2, -0.15) is 0 Å². The number of nitrogen functional groups attached to an aromatic ring is 1. The Kier molecular flexibility index (Phi) is 2.72. The van der Waals surface area contributed by atoms with E-state index in [0.717, 1.165) is 10.8 Å². The first-order valence-corrected chi connectivity index (χ1v) is 6.02. The van der Waals surface area contributed by atoms with E-state index in [4.69, 9.17) is 10.8 Å². The number of anilines is 1. The first-order valence-electron chi connectivity index (χ1n) is 6.02. The monoisotopic (exact) mass is 298 g/mol. The van der Waals surface area contributed by atoms with E-state index in [1.54, 1.807) is 0 Å². The van der Waals surface area contributed by atoms with Crippen molar-refractivity contribution in [2.45, 2.75) is 18.6 Å². The van der Waals surface area contributed by atoms with Gasteiger partial charge in [0.2, 0.25) is 5.43 Å². The number of aromatic carboxylic acids is 1. The number of hydrogen-bond acceptors (Lipinski definition) is 3. The lowest BCUT2D eigenvalue weighted by Gasteiger charge is -2.13. The Labute approximate surface area is 115 Å². The van der Waals surface area contributed by atoms with E-state index in [2.05, 4.69) is 0 Å². The van der Waals surface area contributed by atoms with E-state index in [-0.39, 0.29) is 11.9 Å². The molecule has 0 saturated heterocycles. The summed E-state index contributed by atoms with van der Waals surface area (Å²) < 4.78 is 41.8. The quantitative estimate of drug-likeness (QED) is 0.828. The van der Waals surface area contributed by atoms with Crippen LogP contribution in [0.4, 0.5) is 18.9 Å². The van der Waals surface area contributed by atoms with Crippen molar-refractivity contribution in [1.29, 1.82) is 0 Å². The van der Waals surface area contributed by atoms with E-state index >= 15 is 0 Å². The Morgan fingerprint density at radius 1 is 1.38 bits per heavy atom. The van der Waals surface area contributed by atoms with Crippen molar-refractivity contribution in [3.8, 4) is 0 Å². The highest BCUT2D eigenvalue weighted by Gasteiger charge is 2.40. The SMILES string of the molecule is Nc1c(F)cc(F)c2c1c(=O)c(C(=O)O)cn2C1CC1F. The highest BCUT2D eigenvalue weighted by molar-refractivity contribution is 5.97. The van der Waals surface area contributed by atoms with E-state index in [0.29, 0.717) is 6.07 Å². The van der Waals surface area contributed by atoms with Crippen LogP contribution in [0.3, 0.4) is 0 Å². The average molecular weight is 298 g/mol. The molecule has 8 heteroatoms. The molecule has 1 saturated carbocycles. The standard InChI is InChI=1S/C13H9F3N2O3/c14-5-2-8(5)18-3-4(13(20)21)12(19)9-10(17)6(15)1-7(16)11(9)18/h1,3,5,8H,2,17H2,(H,20,21). The number of rotatable bonds is 2. The fraction of sp³-hybridized carbons (Fsp3) is 0.231. The van der Waals surface area contributed by atoms with Crippen LogP contribution >= 0.6 is 0 Å². The van der Waals surface area contributed by atoms with Crippen LogP contribution in [-0.4, -0.2) is 21.8 Å². The molecule has 1 aliphatic carbocycles. The van der Waals surface area contributed by atoms with Crippen LogP contribution < -0.4 is 11.2 Å². The molecule has 0 amide bonds. The summed E-state index contributed by atoms with van der Waals surface area (Å²) in [7, 11) is 0. The maximum atomic E-state index is 14.0. The molecule has 1 aromatic carbocycles. The minimum atomic E-state index is -1.57. The molecule has 3 rings (SSSR count). The molecule has 1 aliphatic rings. The van der Waals surface area contributed by atoms with Crippen LogP contribution in [0.2, 0.25) is 0 Å². The van der Waals surface area contributed by atoms with Crippen molar-refractivity contribution in [1.82, 2.24) is 4.57 Å². The number of nitrogens with zero attached hydrogens (tertiary/aromatic N) is 1. The first-order chi connectivity index (χ1) is 9.82. The van der Waals surface area contributed by atoms with Gasteiger partial charge in [0, 0.05) is 18.7 Å². The molecule has 0 spiro atoms. The molecule has 110 valence electrons. The molecule has 2 atom stereocenters. The minimum Gasteiger partial charge on any atom is -0.477 e. The van der Waals surface area contributed by atoms with Gasteiger partial charge in [-0.15, -0.1) is 0 Å². The molecule has 21 heavy (non-hydrogen) atoms. The summed E-state index contributed by atoms with van der Waals surface area (Å²) in [5, 5.41) is 8.43. The van der Waals surface area contributed by atoms with Gasteiger partial charge in [0.1, 0.15) is 17.6 Å². The number of aromatic nitrogens is 1. The Morgan fingerprint density at radius 2 is 2.00 bits per heavy atom. The van der Waals surface area contributed by atoms with Gasteiger partial charge in [0.05, 0.1) is 22.6 Å². The van der Waals surface area contributed by atoms with E-state index in [1.807, 2.05) is 0 Å². The molecule has 3 N–H and O–H groups in total. The zero-order valence-corrected chi connectivity index (χ0v) is 10.4. The number of nitrogens with two attached hydrogens (primary N) is 1. The number of carboxylic acid groups (broad SMARTS) is 1. The smallest absolute Gasteiger partial charge is 0.341 e. The molecule has 1 fully saturated rings. The molecule has 0 bridgehead atoms. The van der Waals surface area contributed by atoms with Crippen LogP contribution in [0, 0.1) is 11.6 Å². The molecule has 1 heterocycles. The Bertz CT molecular complexity index is 847. The van der Waals surface area contributed by atoms with E-state index < -0.39 is 51.9 Å². The highest BCUT2D eigenvalue weighted by Crippen LogP contribution is 2.41. The van der Waals surface area contributed by atoms with E-state index in [9.17, 15) is 22.8 Å². The Balaban J connectivity index is 2.52. The summed E-state index contributed by atoms with van der Waals surface area (Å²) in [5.41, 5.74) is 2.60. The predicted molar refractivity (Wildman–Crippen MR) is 68.0 cm³/mol. The normalized spacial score (nSPS) is 20.7. The van der Waals surface area contributed by atoms with Crippen LogP contribution in [-0.2, 0) is 0 Å². The van der Waals surface area contributed by atoms with Gasteiger partial charge in [0.15, 0.2) is 5.82 Å². The second-order valence-corrected chi connectivity index (χ2v) is 4.88. The van der Waals surface area contributed by atoms with Crippen molar-refractivity contribution in [3.05, 3.63) is 39.7 Å². The van der Waals surface area contributed by atoms with Crippen molar-refractivity contribution < 1.29 is 23.1 Å². The van der Waals surface area contributed by atoms with Crippen LogP contribution in [0.25, 0.3) is 10.9 Å². The fourth-order valence-corrected chi connectivity index (χ4v) is 2.36. The summed E-state index contributed by atoms with van der Waals surface area (Å²) in [4.78, 5) is 23.2. The molecular weight excluding hydrogens is 289 g/mol. The summed E-state index contributed by atoms with van der Waals surface area (Å²) in [5.74, 6) is -3.83. The summed E-state index contributed by atoms with van der Waals surface area (Å²) in [6, 6.07) is -0.297. The second kappa shape index (κ2) is 4.24. The number of fused-ring (bicyclic) bond motifs is 1. The van der Waals surface area contributed by atoms with Crippen molar-refractivity contribution >= 4 is 22.6 Å². The molecule has 2 aromatic rings. The molecule has 0 radical (unpaired) electrons.